The lowest BCUT2D eigenvalue weighted by molar-refractivity contribution is 0.0697. The Bertz CT molecular complexity index is 477. The van der Waals surface area contributed by atoms with E-state index in [2.05, 4.69) is 10.6 Å². The number of benzene rings is 1. The average Bonchev–Trinajstić information content (AvgIpc) is 2.31. The van der Waals surface area contributed by atoms with Crippen LogP contribution in [0.1, 0.15) is 22.8 Å². The van der Waals surface area contributed by atoms with Crippen molar-refractivity contribution in [1.82, 2.24) is 5.32 Å². The van der Waals surface area contributed by atoms with E-state index < -0.39 is 5.97 Å². The molecule has 1 unspecified atom stereocenters. The molecule has 104 valence electrons. The Morgan fingerprint density at radius 3 is 2.63 bits per heavy atom. The predicted molar refractivity (Wildman–Crippen MR) is 78.1 cm³/mol. The third kappa shape index (κ3) is 4.82. The first-order valence-electron chi connectivity index (χ1n) is 5.84. The van der Waals surface area contributed by atoms with Gasteiger partial charge in [0.2, 0.25) is 0 Å². The number of hydrogen-bond acceptors (Lipinski definition) is 3. The van der Waals surface area contributed by atoms with E-state index in [1.807, 2.05) is 13.2 Å². The first-order chi connectivity index (χ1) is 8.93. The van der Waals surface area contributed by atoms with Gasteiger partial charge in [-0.15, -0.1) is 0 Å². The van der Waals surface area contributed by atoms with Gasteiger partial charge in [-0.25, -0.2) is 9.59 Å². The van der Waals surface area contributed by atoms with Gasteiger partial charge in [-0.05, 0) is 43.9 Å². The van der Waals surface area contributed by atoms with Crippen LogP contribution in [0.5, 0.6) is 0 Å². The number of thioether (sulfide) groups is 1. The molecule has 19 heavy (non-hydrogen) atoms. The number of rotatable bonds is 5. The van der Waals surface area contributed by atoms with E-state index in [1.54, 1.807) is 24.8 Å². The van der Waals surface area contributed by atoms with Crippen molar-refractivity contribution in [3.8, 4) is 0 Å². The van der Waals surface area contributed by atoms with Crippen LogP contribution in [-0.4, -0.2) is 35.2 Å². The van der Waals surface area contributed by atoms with Gasteiger partial charge in [0.15, 0.2) is 0 Å². The molecule has 0 saturated heterocycles. The number of carboxylic acid groups (broad SMARTS) is 1. The molecule has 3 N–H and O–H groups in total. The largest absolute Gasteiger partial charge is 0.478 e. The number of aryl methyl sites for hydroxylation is 1. The summed E-state index contributed by atoms with van der Waals surface area (Å²) in [6, 6.07) is 4.39. The third-order valence-electron chi connectivity index (χ3n) is 2.52. The average molecular weight is 282 g/mol. The van der Waals surface area contributed by atoms with Gasteiger partial charge >= 0.3 is 12.0 Å². The molecule has 0 saturated carbocycles. The number of carbonyl (C=O) groups is 2. The van der Waals surface area contributed by atoms with E-state index in [0.29, 0.717) is 11.3 Å². The van der Waals surface area contributed by atoms with E-state index in [-0.39, 0.29) is 17.6 Å². The normalized spacial score (nSPS) is 11.7. The van der Waals surface area contributed by atoms with Gasteiger partial charge in [0, 0.05) is 17.5 Å². The van der Waals surface area contributed by atoms with Crippen LogP contribution in [0.2, 0.25) is 0 Å². The fourth-order valence-corrected chi connectivity index (χ4v) is 2.19. The molecular formula is C13H18N2O3S. The van der Waals surface area contributed by atoms with Gasteiger partial charge in [0.25, 0.3) is 0 Å². The molecule has 0 aliphatic carbocycles. The van der Waals surface area contributed by atoms with Crippen molar-refractivity contribution in [3.05, 3.63) is 29.3 Å². The van der Waals surface area contributed by atoms with Gasteiger partial charge in [-0.1, -0.05) is 0 Å². The Kier molecular flexibility index (Phi) is 5.69. The van der Waals surface area contributed by atoms with Crippen molar-refractivity contribution in [3.63, 3.8) is 0 Å². The summed E-state index contributed by atoms with van der Waals surface area (Å²) in [4.78, 5) is 22.5. The Morgan fingerprint density at radius 2 is 2.11 bits per heavy atom. The van der Waals surface area contributed by atoms with Crippen LogP contribution in [0.15, 0.2) is 18.2 Å². The van der Waals surface area contributed by atoms with Crippen LogP contribution in [-0.2, 0) is 0 Å². The summed E-state index contributed by atoms with van der Waals surface area (Å²) < 4.78 is 0. The standard InChI is InChI=1S/C13H18N2O3S/c1-8-6-10(12(16)17)4-5-11(8)15-13(18)14-9(2)7-19-3/h4-6,9H,7H2,1-3H3,(H,16,17)(H2,14,15,18). The molecule has 0 radical (unpaired) electrons. The molecule has 0 aliphatic rings. The number of carbonyl (C=O) groups excluding carboxylic acids is 1. The number of amides is 2. The van der Waals surface area contributed by atoms with Gasteiger partial charge in [-0.3, -0.25) is 0 Å². The number of urea groups is 1. The highest BCUT2D eigenvalue weighted by molar-refractivity contribution is 7.98. The molecule has 0 fully saturated rings. The molecule has 0 aliphatic heterocycles. The molecule has 0 aromatic heterocycles. The first kappa shape index (κ1) is 15.4. The van der Waals surface area contributed by atoms with Gasteiger partial charge in [0.1, 0.15) is 0 Å². The summed E-state index contributed by atoms with van der Waals surface area (Å²) in [7, 11) is 0. The minimum Gasteiger partial charge on any atom is -0.478 e. The van der Waals surface area contributed by atoms with E-state index in [1.165, 1.54) is 12.1 Å². The molecule has 1 rings (SSSR count). The maximum Gasteiger partial charge on any atom is 0.335 e. The molecule has 1 aromatic rings. The Labute approximate surface area is 116 Å². The Balaban J connectivity index is 2.67. The molecule has 0 bridgehead atoms. The van der Waals surface area contributed by atoms with Crippen LogP contribution in [0.4, 0.5) is 10.5 Å². The van der Waals surface area contributed by atoms with Crippen LogP contribution in [0.3, 0.4) is 0 Å². The minimum absolute atomic E-state index is 0.0774. The van der Waals surface area contributed by atoms with Gasteiger partial charge < -0.3 is 15.7 Å². The quantitative estimate of drug-likeness (QED) is 0.775. The van der Waals surface area contributed by atoms with Gasteiger partial charge in [0.05, 0.1) is 5.56 Å². The number of carboxylic acids is 1. The fourth-order valence-electron chi connectivity index (χ4n) is 1.61. The molecule has 0 heterocycles. The maximum absolute atomic E-state index is 11.7. The van der Waals surface area contributed by atoms with Crippen LogP contribution >= 0.6 is 11.8 Å². The van der Waals surface area contributed by atoms with E-state index in [4.69, 9.17) is 5.11 Å². The lowest BCUT2D eigenvalue weighted by Gasteiger charge is -2.14. The minimum atomic E-state index is -0.979. The highest BCUT2D eigenvalue weighted by Gasteiger charge is 2.10. The summed E-state index contributed by atoms with van der Waals surface area (Å²) in [5.74, 6) is -0.141. The second kappa shape index (κ2) is 7.04. The molecule has 6 heteroatoms. The first-order valence-corrected chi connectivity index (χ1v) is 7.23. The van der Waals surface area contributed by atoms with Crippen molar-refractivity contribution < 1.29 is 14.7 Å². The summed E-state index contributed by atoms with van der Waals surface area (Å²) in [5, 5.41) is 14.4. The number of anilines is 1. The molecule has 2 amide bonds. The highest BCUT2D eigenvalue weighted by Crippen LogP contribution is 2.16. The molecule has 1 atom stereocenters. The number of nitrogens with one attached hydrogen (secondary N) is 2. The van der Waals surface area contributed by atoms with E-state index in [9.17, 15) is 9.59 Å². The van der Waals surface area contributed by atoms with Crippen molar-refractivity contribution in [2.24, 2.45) is 0 Å². The van der Waals surface area contributed by atoms with Gasteiger partial charge in [-0.2, -0.15) is 11.8 Å². The Morgan fingerprint density at radius 1 is 1.42 bits per heavy atom. The van der Waals surface area contributed by atoms with Crippen LogP contribution in [0.25, 0.3) is 0 Å². The summed E-state index contributed by atoms with van der Waals surface area (Å²) in [5.41, 5.74) is 1.53. The number of aromatic carboxylic acids is 1. The topological polar surface area (TPSA) is 78.4 Å². The fraction of sp³-hybridized carbons (Fsp3) is 0.385. The van der Waals surface area contributed by atoms with Crippen molar-refractivity contribution in [2.75, 3.05) is 17.3 Å². The molecule has 5 nitrogen and oxygen atoms in total. The zero-order valence-electron chi connectivity index (χ0n) is 11.2. The monoisotopic (exact) mass is 282 g/mol. The van der Waals surface area contributed by atoms with Crippen LogP contribution < -0.4 is 10.6 Å². The van der Waals surface area contributed by atoms with Crippen molar-refractivity contribution in [2.45, 2.75) is 19.9 Å². The Hall–Kier alpha value is -1.69. The van der Waals surface area contributed by atoms with E-state index >= 15 is 0 Å². The highest BCUT2D eigenvalue weighted by atomic mass is 32.2. The maximum atomic E-state index is 11.7. The number of hydrogen-bond donors (Lipinski definition) is 3. The summed E-state index contributed by atoms with van der Waals surface area (Å²) in [6.07, 6.45) is 1.98. The SMILES string of the molecule is CSCC(C)NC(=O)Nc1ccc(C(=O)O)cc1C. The predicted octanol–water partition coefficient (Wildman–Crippen LogP) is 2.57. The summed E-state index contributed by atoms with van der Waals surface area (Å²) in [6.45, 7) is 3.68. The molecule has 0 spiro atoms. The molecule has 1 aromatic carbocycles. The van der Waals surface area contributed by atoms with E-state index in [0.717, 1.165) is 5.75 Å². The van der Waals surface area contributed by atoms with Crippen LogP contribution in [0, 0.1) is 6.92 Å². The lowest BCUT2D eigenvalue weighted by atomic mass is 10.1. The zero-order valence-corrected chi connectivity index (χ0v) is 12.0. The summed E-state index contributed by atoms with van der Waals surface area (Å²) >= 11 is 1.66. The molecular weight excluding hydrogens is 264 g/mol. The van der Waals surface area contributed by atoms with Crippen molar-refractivity contribution in [1.29, 1.82) is 0 Å². The smallest absolute Gasteiger partial charge is 0.335 e. The zero-order chi connectivity index (χ0) is 14.4. The third-order valence-corrected chi connectivity index (χ3v) is 3.35. The second-order valence-electron chi connectivity index (χ2n) is 4.29. The second-order valence-corrected chi connectivity index (χ2v) is 5.20. The lowest BCUT2D eigenvalue weighted by Crippen LogP contribution is -2.37. The van der Waals surface area contributed by atoms with Crippen molar-refractivity contribution >= 4 is 29.4 Å².